The fourth-order valence-corrected chi connectivity index (χ4v) is 2.37. The Balaban J connectivity index is 1.81. The van der Waals surface area contributed by atoms with Crippen molar-refractivity contribution in [2.75, 3.05) is 17.2 Å². The van der Waals surface area contributed by atoms with Gasteiger partial charge in [0.2, 0.25) is 0 Å². The number of amides is 1. The van der Waals surface area contributed by atoms with Crippen molar-refractivity contribution >= 4 is 17.3 Å². The number of benzene rings is 2. The van der Waals surface area contributed by atoms with Gasteiger partial charge in [-0.3, -0.25) is 4.79 Å². The molecule has 3 nitrogen and oxygen atoms in total. The van der Waals surface area contributed by atoms with Gasteiger partial charge < -0.3 is 10.6 Å². The molecule has 1 amide bonds. The van der Waals surface area contributed by atoms with Crippen LogP contribution in [0, 0.1) is 6.92 Å². The van der Waals surface area contributed by atoms with Gasteiger partial charge in [-0.25, -0.2) is 0 Å². The SMILES string of the molecule is Cc1cccc(NC(=O)c2ccc3c(c2)CCN3)c1. The summed E-state index contributed by atoms with van der Waals surface area (Å²) in [5, 5.41) is 6.22. The minimum absolute atomic E-state index is 0.0553. The van der Waals surface area contributed by atoms with Gasteiger partial charge in [-0.05, 0) is 54.8 Å². The molecular formula is C16H16N2O. The molecule has 0 bridgehead atoms. The number of carbonyl (C=O) groups excluding carboxylic acids is 1. The molecule has 0 aliphatic carbocycles. The van der Waals surface area contributed by atoms with Gasteiger partial charge in [0.05, 0.1) is 0 Å². The Bertz CT molecular complexity index is 634. The van der Waals surface area contributed by atoms with Gasteiger partial charge in [0.25, 0.3) is 5.91 Å². The monoisotopic (exact) mass is 252 g/mol. The zero-order valence-electron chi connectivity index (χ0n) is 10.9. The fourth-order valence-electron chi connectivity index (χ4n) is 2.37. The lowest BCUT2D eigenvalue weighted by molar-refractivity contribution is 0.102. The Kier molecular flexibility index (Phi) is 2.95. The Morgan fingerprint density at radius 2 is 2.11 bits per heavy atom. The van der Waals surface area contributed by atoms with Crippen LogP contribution in [0.1, 0.15) is 21.5 Å². The number of carbonyl (C=O) groups is 1. The van der Waals surface area contributed by atoms with Crippen LogP contribution in [0.2, 0.25) is 0 Å². The van der Waals surface area contributed by atoms with Crippen LogP contribution < -0.4 is 10.6 Å². The summed E-state index contributed by atoms with van der Waals surface area (Å²) >= 11 is 0. The molecule has 1 aliphatic heterocycles. The number of hydrogen-bond acceptors (Lipinski definition) is 2. The van der Waals surface area contributed by atoms with E-state index >= 15 is 0 Å². The van der Waals surface area contributed by atoms with Gasteiger partial charge >= 0.3 is 0 Å². The first-order valence-corrected chi connectivity index (χ1v) is 6.47. The normalized spacial score (nSPS) is 12.7. The van der Waals surface area contributed by atoms with Gasteiger partial charge in [-0.2, -0.15) is 0 Å². The number of anilines is 2. The minimum atomic E-state index is -0.0553. The maximum absolute atomic E-state index is 12.2. The molecule has 0 spiro atoms. The summed E-state index contributed by atoms with van der Waals surface area (Å²) in [6.45, 7) is 2.97. The van der Waals surface area contributed by atoms with Crippen molar-refractivity contribution in [3.8, 4) is 0 Å². The molecule has 0 saturated heterocycles. The lowest BCUT2D eigenvalue weighted by Crippen LogP contribution is -2.12. The molecule has 3 rings (SSSR count). The zero-order valence-corrected chi connectivity index (χ0v) is 10.9. The Morgan fingerprint density at radius 3 is 2.95 bits per heavy atom. The highest BCUT2D eigenvalue weighted by Crippen LogP contribution is 2.23. The average Bonchev–Trinajstić information content (AvgIpc) is 2.85. The number of aryl methyl sites for hydroxylation is 1. The lowest BCUT2D eigenvalue weighted by Gasteiger charge is -2.07. The second-order valence-corrected chi connectivity index (χ2v) is 4.87. The zero-order chi connectivity index (χ0) is 13.2. The van der Waals surface area contributed by atoms with Crippen molar-refractivity contribution in [2.45, 2.75) is 13.3 Å². The molecule has 0 atom stereocenters. The van der Waals surface area contributed by atoms with E-state index in [1.165, 1.54) is 5.56 Å². The summed E-state index contributed by atoms with van der Waals surface area (Å²) < 4.78 is 0. The van der Waals surface area contributed by atoms with Crippen molar-refractivity contribution in [1.82, 2.24) is 0 Å². The molecule has 0 saturated carbocycles. The molecule has 0 aromatic heterocycles. The summed E-state index contributed by atoms with van der Waals surface area (Å²) in [6, 6.07) is 13.6. The molecule has 2 aromatic carbocycles. The van der Waals surface area contributed by atoms with Gasteiger partial charge in [0.1, 0.15) is 0 Å². The molecule has 0 unspecified atom stereocenters. The molecular weight excluding hydrogens is 236 g/mol. The Labute approximate surface area is 112 Å². The van der Waals surface area contributed by atoms with Crippen molar-refractivity contribution in [3.63, 3.8) is 0 Å². The van der Waals surface area contributed by atoms with E-state index in [0.29, 0.717) is 5.56 Å². The van der Waals surface area contributed by atoms with Crippen LogP contribution in [-0.4, -0.2) is 12.5 Å². The van der Waals surface area contributed by atoms with E-state index in [-0.39, 0.29) is 5.91 Å². The van der Waals surface area contributed by atoms with Gasteiger partial charge in [0, 0.05) is 23.5 Å². The first kappa shape index (κ1) is 11.8. The largest absolute Gasteiger partial charge is 0.384 e. The maximum atomic E-state index is 12.2. The summed E-state index contributed by atoms with van der Waals surface area (Å²) in [5.74, 6) is -0.0553. The third-order valence-corrected chi connectivity index (χ3v) is 3.35. The molecule has 2 aromatic rings. The summed E-state index contributed by atoms with van der Waals surface area (Å²) in [7, 11) is 0. The second kappa shape index (κ2) is 4.76. The van der Waals surface area contributed by atoms with Crippen molar-refractivity contribution < 1.29 is 4.79 Å². The van der Waals surface area contributed by atoms with E-state index in [4.69, 9.17) is 0 Å². The van der Waals surface area contributed by atoms with E-state index in [2.05, 4.69) is 10.6 Å². The Hall–Kier alpha value is -2.29. The van der Waals surface area contributed by atoms with Crippen LogP contribution in [-0.2, 0) is 6.42 Å². The van der Waals surface area contributed by atoms with Gasteiger partial charge in [-0.1, -0.05) is 12.1 Å². The number of hydrogen-bond donors (Lipinski definition) is 2. The molecule has 96 valence electrons. The summed E-state index contributed by atoms with van der Waals surface area (Å²) in [4.78, 5) is 12.2. The van der Waals surface area contributed by atoms with E-state index in [0.717, 1.165) is 29.9 Å². The van der Waals surface area contributed by atoms with Crippen LogP contribution in [0.25, 0.3) is 0 Å². The van der Waals surface area contributed by atoms with Crippen LogP contribution in [0.3, 0.4) is 0 Å². The van der Waals surface area contributed by atoms with Crippen LogP contribution in [0.4, 0.5) is 11.4 Å². The molecule has 2 N–H and O–H groups in total. The van der Waals surface area contributed by atoms with Gasteiger partial charge in [0.15, 0.2) is 0 Å². The quantitative estimate of drug-likeness (QED) is 0.861. The average molecular weight is 252 g/mol. The highest BCUT2D eigenvalue weighted by Gasteiger charge is 2.13. The first-order chi connectivity index (χ1) is 9.22. The number of nitrogens with one attached hydrogen (secondary N) is 2. The van der Waals surface area contributed by atoms with Crippen molar-refractivity contribution in [2.24, 2.45) is 0 Å². The van der Waals surface area contributed by atoms with Crippen LogP contribution >= 0.6 is 0 Å². The molecule has 3 heteroatoms. The molecule has 0 radical (unpaired) electrons. The molecule has 1 heterocycles. The van der Waals surface area contributed by atoms with Crippen molar-refractivity contribution in [3.05, 3.63) is 59.2 Å². The van der Waals surface area contributed by atoms with E-state index < -0.39 is 0 Å². The second-order valence-electron chi connectivity index (χ2n) is 4.87. The van der Waals surface area contributed by atoms with E-state index in [1.54, 1.807) is 0 Å². The molecule has 19 heavy (non-hydrogen) atoms. The van der Waals surface area contributed by atoms with Crippen LogP contribution in [0.15, 0.2) is 42.5 Å². The predicted molar refractivity (Wildman–Crippen MR) is 77.8 cm³/mol. The standard InChI is InChI=1S/C16H16N2O/c1-11-3-2-4-14(9-11)18-16(19)13-5-6-15-12(10-13)7-8-17-15/h2-6,9-10,17H,7-8H2,1H3,(H,18,19). The third-order valence-electron chi connectivity index (χ3n) is 3.35. The predicted octanol–water partition coefficient (Wildman–Crippen LogP) is 3.22. The number of fused-ring (bicyclic) bond motifs is 1. The van der Waals surface area contributed by atoms with Gasteiger partial charge in [-0.15, -0.1) is 0 Å². The topological polar surface area (TPSA) is 41.1 Å². The highest BCUT2D eigenvalue weighted by atomic mass is 16.1. The van der Waals surface area contributed by atoms with Crippen LogP contribution in [0.5, 0.6) is 0 Å². The third kappa shape index (κ3) is 2.45. The van der Waals surface area contributed by atoms with Crippen molar-refractivity contribution in [1.29, 1.82) is 0 Å². The minimum Gasteiger partial charge on any atom is -0.384 e. The Morgan fingerprint density at radius 1 is 1.21 bits per heavy atom. The molecule has 0 fully saturated rings. The smallest absolute Gasteiger partial charge is 0.255 e. The van der Waals surface area contributed by atoms with E-state index in [9.17, 15) is 4.79 Å². The maximum Gasteiger partial charge on any atom is 0.255 e. The summed E-state index contributed by atoms with van der Waals surface area (Å²) in [5.41, 5.74) is 5.05. The highest BCUT2D eigenvalue weighted by molar-refractivity contribution is 6.04. The fraction of sp³-hybridized carbons (Fsp3) is 0.188. The summed E-state index contributed by atoms with van der Waals surface area (Å²) in [6.07, 6.45) is 0.987. The lowest BCUT2D eigenvalue weighted by atomic mass is 10.1. The van der Waals surface area contributed by atoms with E-state index in [1.807, 2.05) is 49.4 Å². The molecule has 1 aliphatic rings. The number of rotatable bonds is 2. The first-order valence-electron chi connectivity index (χ1n) is 6.47.